The molecule has 7 nitrogen and oxygen atoms in total. The van der Waals surface area contributed by atoms with Gasteiger partial charge in [-0.05, 0) is 13.3 Å². The average Bonchev–Trinajstić information content (AvgIpc) is 3.28. The Hall–Kier alpha value is -2.15. The molecule has 3 aliphatic heterocycles. The zero-order valence-electron chi connectivity index (χ0n) is 13.8. The first-order valence-corrected chi connectivity index (χ1v) is 8.45. The Labute approximate surface area is 140 Å². The summed E-state index contributed by atoms with van der Waals surface area (Å²) in [4.78, 5) is 27.2. The summed E-state index contributed by atoms with van der Waals surface area (Å²) in [5, 5.41) is 6.88. The van der Waals surface area contributed by atoms with Crippen molar-refractivity contribution in [1.82, 2.24) is 10.5 Å². The number of aryl methyl sites for hydroxylation is 1. The van der Waals surface area contributed by atoms with Crippen LogP contribution in [0.4, 0.5) is 5.82 Å². The molecule has 0 saturated carbocycles. The van der Waals surface area contributed by atoms with Gasteiger partial charge in [0.05, 0.1) is 24.5 Å². The molecule has 7 heteroatoms. The summed E-state index contributed by atoms with van der Waals surface area (Å²) >= 11 is 0. The summed E-state index contributed by atoms with van der Waals surface area (Å²) in [6.45, 7) is 4.85. The molecule has 1 spiro atoms. The minimum Gasteiger partial charge on any atom is -0.360 e. The van der Waals surface area contributed by atoms with Crippen LogP contribution < -0.4 is 10.2 Å². The largest absolute Gasteiger partial charge is 0.360 e. The van der Waals surface area contributed by atoms with Gasteiger partial charge < -0.3 is 14.6 Å². The van der Waals surface area contributed by atoms with E-state index in [1.165, 1.54) is 0 Å². The second kappa shape index (κ2) is 5.44. The highest BCUT2D eigenvalue weighted by molar-refractivity contribution is 6.02. The number of fused-ring (bicyclic) bond motifs is 1. The summed E-state index contributed by atoms with van der Waals surface area (Å²) in [6, 6.07) is 1.72. The van der Waals surface area contributed by atoms with Gasteiger partial charge in [-0.25, -0.2) is 0 Å². The van der Waals surface area contributed by atoms with Gasteiger partial charge in [0.2, 0.25) is 11.8 Å². The molecule has 2 saturated heterocycles. The van der Waals surface area contributed by atoms with Crippen LogP contribution in [0.25, 0.3) is 0 Å². The van der Waals surface area contributed by atoms with E-state index in [0.29, 0.717) is 24.7 Å². The zero-order chi connectivity index (χ0) is 16.9. The number of aromatic nitrogens is 1. The van der Waals surface area contributed by atoms with Crippen LogP contribution in [0.3, 0.4) is 0 Å². The van der Waals surface area contributed by atoms with E-state index in [4.69, 9.17) is 9.26 Å². The molecule has 1 N–H and O–H groups in total. The minimum absolute atomic E-state index is 0.101. The van der Waals surface area contributed by atoms with Crippen molar-refractivity contribution in [2.45, 2.75) is 38.4 Å². The number of nitrogens with one attached hydrogen (secondary N) is 1. The fraction of sp³-hybridized carbons (Fsp3) is 0.588. The lowest BCUT2D eigenvalue weighted by molar-refractivity contribution is -0.131. The average molecular weight is 331 g/mol. The van der Waals surface area contributed by atoms with E-state index >= 15 is 0 Å². The topological polar surface area (TPSA) is 84.7 Å². The molecule has 2 bridgehead atoms. The van der Waals surface area contributed by atoms with Gasteiger partial charge in [-0.3, -0.25) is 14.5 Å². The lowest BCUT2D eigenvalue weighted by Gasteiger charge is -2.23. The molecular weight excluding hydrogens is 310 g/mol. The quantitative estimate of drug-likeness (QED) is 0.647. The number of ether oxygens (including phenoxy) is 1. The van der Waals surface area contributed by atoms with Gasteiger partial charge in [-0.15, -0.1) is 0 Å². The molecule has 128 valence electrons. The molecule has 1 aromatic rings. The molecule has 0 unspecified atom stereocenters. The van der Waals surface area contributed by atoms with Gasteiger partial charge in [-0.1, -0.05) is 30.7 Å². The number of carbonyl (C=O) groups excluding carboxylic acids is 2. The van der Waals surface area contributed by atoms with Gasteiger partial charge in [0.25, 0.3) is 0 Å². The molecule has 2 amide bonds. The molecular formula is C17H21N3O4. The second-order valence-corrected chi connectivity index (χ2v) is 6.76. The third kappa shape index (κ3) is 2.11. The fourth-order valence-electron chi connectivity index (χ4n) is 3.98. The Kier molecular flexibility index (Phi) is 3.49. The van der Waals surface area contributed by atoms with Crippen molar-refractivity contribution in [3.8, 4) is 0 Å². The highest BCUT2D eigenvalue weighted by Gasteiger charge is 2.67. The smallest absolute Gasteiger partial charge is 0.235 e. The fourth-order valence-corrected chi connectivity index (χ4v) is 3.98. The van der Waals surface area contributed by atoms with Gasteiger partial charge >= 0.3 is 0 Å². The Balaban J connectivity index is 1.59. The Bertz CT molecular complexity index is 712. The third-order valence-corrected chi connectivity index (χ3v) is 5.12. The number of rotatable bonds is 5. The molecule has 4 heterocycles. The Morgan fingerprint density at radius 1 is 1.54 bits per heavy atom. The second-order valence-electron chi connectivity index (χ2n) is 6.76. The van der Waals surface area contributed by atoms with Crippen LogP contribution in [0.1, 0.15) is 25.5 Å². The van der Waals surface area contributed by atoms with Gasteiger partial charge in [-0.2, -0.15) is 0 Å². The number of hydrogen-bond acceptors (Lipinski definition) is 5. The first-order valence-electron chi connectivity index (χ1n) is 8.45. The monoisotopic (exact) mass is 331 g/mol. The zero-order valence-corrected chi connectivity index (χ0v) is 13.8. The van der Waals surface area contributed by atoms with E-state index in [1.807, 2.05) is 12.2 Å². The number of nitrogens with zero attached hydrogens (tertiary/aromatic N) is 2. The molecule has 3 aliphatic rings. The van der Waals surface area contributed by atoms with Crippen LogP contribution in [-0.4, -0.2) is 41.8 Å². The maximum atomic E-state index is 13.0. The van der Waals surface area contributed by atoms with Gasteiger partial charge in [0.15, 0.2) is 5.82 Å². The van der Waals surface area contributed by atoms with Gasteiger partial charge in [0, 0.05) is 12.6 Å². The van der Waals surface area contributed by atoms with Crippen molar-refractivity contribution in [2.75, 3.05) is 18.0 Å². The van der Waals surface area contributed by atoms with Crippen molar-refractivity contribution in [3.63, 3.8) is 0 Å². The van der Waals surface area contributed by atoms with Crippen molar-refractivity contribution < 1.29 is 18.8 Å². The summed E-state index contributed by atoms with van der Waals surface area (Å²) in [5.74, 6) is -0.0701. The minimum atomic E-state index is -0.721. The van der Waals surface area contributed by atoms with Crippen LogP contribution in [0.5, 0.6) is 0 Å². The molecule has 0 aromatic carbocycles. The number of carbonyl (C=O) groups is 2. The molecule has 4 atom stereocenters. The summed E-state index contributed by atoms with van der Waals surface area (Å²) < 4.78 is 11.1. The van der Waals surface area contributed by atoms with Gasteiger partial charge in [0.1, 0.15) is 11.4 Å². The highest BCUT2D eigenvalue weighted by atomic mass is 16.5. The van der Waals surface area contributed by atoms with E-state index in [2.05, 4.69) is 17.4 Å². The number of amides is 2. The number of hydrogen-bond donors (Lipinski definition) is 1. The highest BCUT2D eigenvalue weighted by Crippen LogP contribution is 2.52. The van der Waals surface area contributed by atoms with Crippen LogP contribution >= 0.6 is 0 Å². The predicted octanol–water partition coefficient (Wildman–Crippen LogP) is 1.19. The van der Waals surface area contributed by atoms with E-state index in [-0.39, 0.29) is 17.9 Å². The van der Waals surface area contributed by atoms with Crippen molar-refractivity contribution in [3.05, 3.63) is 24.0 Å². The SMILES string of the molecule is CCCCNC(=O)[C@@H]1[C@H]2C=C[C@@]3(CN(c4cc(C)on4)C(=O)[C@@H]13)O2. The van der Waals surface area contributed by atoms with Crippen molar-refractivity contribution in [2.24, 2.45) is 11.8 Å². The first-order chi connectivity index (χ1) is 11.6. The normalized spacial score (nSPS) is 33.3. The molecule has 1 aromatic heterocycles. The molecule has 0 radical (unpaired) electrons. The molecule has 0 aliphatic carbocycles. The maximum absolute atomic E-state index is 13.0. The number of anilines is 1. The third-order valence-electron chi connectivity index (χ3n) is 5.12. The summed E-state index contributed by atoms with van der Waals surface area (Å²) in [7, 11) is 0. The Morgan fingerprint density at radius 3 is 3.08 bits per heavy atom. The van der Waals surface area contributed by atoms with Crippen molar-refractivity contribution >= 4 is 17.6 Å². The van der Waals surface area contributed by atoms with E-state index in [1.54, 1.807) is 17.9 Å². The predicted molar refractivity (Wildman–Crippen MR) is 85.2 cm³/mol. The molecule has 24 heavy (non-hydrogen) atoms. The summed E-state index contributed by atoms with van der Waals surface area (Å²) in [5.41, 5.74) is -0.721. The number of unbranched alkanes of at least 4 members (excludes halogenated alkanes) is 1. The van der Waals surface area contributed by atoms with Crippen LogP contribution in [-0.2, 0) is 14.3 Å². The van der Waals surface area contributed by atoms with Crippen LogP contribution in [0.2, 0.25) is 0 Å². The molecule has 2 fully saturated rings. The van der Waals surface area contributed by atoms with Crippen LogP contribution in [0, 0.1) is 18.8 Å². The lowest BCUT2D eigenvalue weighted by Crippen LogP contribution is -2.44. The Morgan fingerprint density at radius 2 is 2.38 bits per heavy atom. The van der Waals surface area contributed by atoms with E-state index in [0.717, 1.165) is 12.8 Å². The van der Waals surface area contributed by atoms with E-state index in [9.17, 15) is 9.59 Å². The standard InChI is InChI=1S/C17H21N3O4/c1-3-4-7-18-15(21)13-11-5-6-17(23-11)9-20(16(22)14(13)17)12-8-10(2)24-19-12/h5-6,8,11,13-14H,3-4,7,9H2,1-2H3,(H,18,21)/t11-,13-,14-,17+/m1/s1. The van der Waals surface area contributed by atoms with Crippen molar-refractivity contribution in [1.29, 1.82) is 0 Å². The van der Waals surface area contributed by atoms with E-state index < -0.39 is 17.4 Å². The maximum Gasteiger partial charge on any atom is 0.235 e. The summed E-state index contributed by atoms with van der Waals surface area (Å²) in [6.07, 6.45) is 5.46. The first kappa shape index (κ1) is 15.4. The lowest BCUT2D eigenvalue weighted by atomic mass is 9.77. The molecule has 4 rings (SSSR count). The van der Waals surface area contributed by atoms with Crippen LogP contribution in [0.15, 0.2) is 22.7 Å².